The molecule has 92 valence electrons. The minimum atomic E-state index is 0.120. The second kappa shape index (κ2) is 5.77. The summed E-state index contributed by atoms with van der Waals surface area (Å²) in [6.45, 7) is 4.74. The highest BCUT2D eigenvalue weighted by Gasteiger charge is 2.23. The van der Waals surface area contributed by atoms with Gasteiger partial charge in [0.25, 0.3) is 5.91 Å². The van der Waals surface area contributed by atoms with Gasteiger partial charge in [-0.15, -0.1) is 0 Å². The molecule has 0 radical (unpaired) electrons. The van der Waals surface area contributed by atoms with Crippen LogP contribution in [-0.2, 0) is 0 Å². The monoisotopic (exact) mass is 233 g/mol. The molecule has 0 aromatic carbocycles. The number of piperidine rings is 1. The average molecular weight is 233 g/mol. The topological polar surface area (TPSA) is 45.2 Å². The second-order valence-corrected chi connectivity index (χ2v) is 4.38. The van der Waals surface area contributed by atoms with Crippen molar-refractivity contribution in [3.8, 4) is 0 Å². The molecule has 4 nitrogen and oxygen atoms in total. The van der Waals surface area contributed by atoms with Gasteiger partial charge < -0.3 is 10.2 Å². The fraction of sp³-hybridized carbons (Fsp3) is 0.538. The standard InChI is InChI=1S/C13H19N3O/c1-2-15-12-4-3-9-16(10-12)13(17)11-5-7-14-8-6-11/h5-8,12,15H,2-4,9-10H2,1H3. The summed E-state index contributed by atoms with van der Waals surface area (Å²) in [6.07, 6.45) is 5.57. The summed E-state index contributed by atoms with van der Waals surface area (Å²) >= 11 is 0. The predicted octanol–water partition coefficient (Wildman–Crippen LogP) is 1.30. The van der Waals surface area contributed by atoms with Crippen molar-refractivity contribution in [2.45, 2.75) is 25.8 Å². The molecule has 2 heterocycles. The van der Waals surface area contributed by atoms with Crippen LogP contribution in [0.4, 0.5) is 0 Å². The number of carbonyl (C=O) groups is 1. The van der Waals surface area contributed by atoms with Crippen LogP contribution in [0, 0.1) is 0 Å². The molecule has 2 rings (SSSR count). The highest BCUT2D eigenvalue weighted by atomic mass is 16.2. The third kappa shape index (κ3) is 3.03. The molecule has 0 bridgehead atoms. The number of aromatic nitrogens is 1. The molecule has 1 fully saturated rings. The molecule has 0 spiro atoms. The Labute approximate surface area is 102 Å². The molecule has 4 heteroatoms. The zero-order chi connectivity index (χ0) is 12.1. The fourth-order valence-corrected chi connectivity index (χ4v) is 2.29. The van der Waals surface area contributed by atoms with Crippen molar-refractivity contribution in [1.82, 2.24) is 15.2 Å². The second-order valence-electron chi connectivity index (χ2n) is 4.38. The first-order chi connectivity index (χ1) is 8.31. The van der Waals surface area contributed by atoms with Crippen LogP contribution in [0.1, 0.15) is 30.1 Å². The molecule has 1 aromatic rings. The van der Waals surface area contributed by atoms with E-state index in [1.54, 1.807) is 24.5 Å². The van der Waals surface area contributed by atoms with E-state index >= 15 is 0 Å². The number of likely N-dealkylation sites (N-methyl/N-ethyl adjacent to an activating group) is 1. The number of hydrogen-bond donors (Lipinski definition) is 1. The predicted molar refractivity (Wildman–Crippen MR) is 66.8 cm³/mol. The van der Waals surface area contributed by atoms with E-state index in [1.165, 1.54) is 0 Å². The van der Waals surface area contributed by atoms with Crippen molar-refractivity contribution in [2.75, 3.05) is 19.6 Å². The number of carbonyl (C=O) groups excluding carboxylic acids is 1. The number of hydrogen-bond acceptors (Lipinski definition) is 3. The molecule has 1 N–H and O–H groups in total. The Morgan fingerprint density at radius 2 is 2.29 bits per heavy atom. The van der Waals surface area contributed by atoms with Crippen molar-refractivity contribution >= 4 is 5.91 Å². The molecule has 0 saturated carbocycles. The summed E-state index contributed by atoms with van der Waals surface area (Å²) in [5, 5.41) is 3.41. The van der Waals surface area contributed by atoms with E-state index in [-0.39, 0.29) is 5.91 Å². The summed E-state index contributed by atoms with van der Waals surface area (Å²) < 4.78 is 0. The number of likely N-dealkylation sites (tertiary alicyclic amines) is 1. The van der Waals surface area contributed by atoms with Gasteiger partial charge in [0.2, 0.25) is 0 Å². The van der Waals surface area contributed by atoms with Gasteiger partial charge >= 0.3 is 0 Å². The van der Waals surface area contributed by atoms with Crippen molar-refractivity contribution < 1.29 is 4.79 Å². The van der Waals surface area contributed by atoms with E-state index in [2.05, 4.69) is 17.2 Å². The van der Waals surface area contributed by atoms with Crippen molar-refractivity contribution in [1.29, 1.82) is 0 Å². The molecule has 1 saturated heterocycles. The Kier molecular flexibility index (Phi) is 4.09. The molecule has 1 amide bonds. The minimum Gasteiger partial charge on any atom is -0.337 e. The molecular weight excluding hydrogens is 214 g/mol. The highest BCUT2D eigenvalue weighted by Crippen LogP contribution is 2.13. The van der Waals surface area contributed by atoms with Gasteiger partial charge in [-0.25, -0.2) is 0 Å². The summed E-state index contributed by atoms with van der Waals surface area (Å²) in [4.78, 5) is 18.1. The van der Waals surface area contributed by atoms with Gasteiger partial charge in [-0.3, -0.25) is 9.78 Å². The van der Waals surface area contributed by atoms with Crippen molar-refractivity contribution in [3.05, 3.63) is 30.1 Å². The zero-order valence-electron chi connectivity index (χ0n) is 10.2. The molecule has 1 aromatic heterocycles. The Morgan fingerprint density at radius 3 is 3.00 bits per heavy atom. The Bertz CT molecular complexity index is 364. The SMILES string of the molecule is CCNC1CCCN(C(=O)c2ccncc2)C1. The van der Waals surface area contributed by atoms with Crippen LogP contribution in [0.15, 0.2) is 24.5 Å². The number of nitrogens with zero attached hydrogens (tertiary/aromatic N) is 2. The van der Waals surface area contributed by atoms with Gasteiger partial charge in [-0.05, 0) is 31.5 Å². The Hall–Kier alpha value is -1.42. The van der Waals surface area contributed by atoms with E-state index in [0.29, 0.717) is 6.04 Å². The van der Waals surface area contributed by atoms with Gasteiger partial charge in [0.1, 0.15) is 0 Å². The summed E-state index contributed by atoms with van der Waals surface area (Å²) in [5.41, 5.74) is 0.733. The van der Waals surface area contributed by atoms with Crippen LogP contribution >= 0.6 is 0 Å². The maximum atomic E-state index is 12.2. The van der Waals surface area contributed by atoms with Crippen LogP contribution < -0.4 is 5.32 Å². The molecule has 1 atom stereocenters. The number of rotatable bonds is 3. The van der Waals surface area contributed by atoms with Gasteiger partial charge in [0, 0.05) is 37.1 Å². The summed E-state index contributed by atoms with van der Waals surface area (Å²) in [7, 11) is 0. The first kappa shape index (κ1) is 12.0. The fourth-order valence-electron chi connectivity index (χ4n) is 2.29. The zero-order valence-corrected chi connectivity index (χ0v) is 10.2. The lowest BCUT2D eigenvalue weighted by Gasteiger charge is -2.33. The minimum absolute atomic E-state index is 0.120. The van der Waals surface area contributed by atoms with Crippen LogP contribution in [0.2, 0.25) is 0 Å². The van der Waals surface area contributed by atoms with Gasteiger partial charge in [0.05, 0.1) is 0 Å². The van der Waals surface area contributed by atoms with E-state index in [1.807, 2.05) is 4.90 Å². The number of pyridine rings is 1. The molecule has 17 heavy (non-hydrogen) atoms. The third-order valence-corrected chi connectivity index (χ3v) is 3.13. The summed E-state index contributed by atoms with van der Waals surface area (Å²) in [6, 6.07) is 4.00. The largest absolute Gasteiger partial charge is 0.337 e. The lowest BCUT2D eigenvalue weighted by Crippen LogP contribution is -2.47. The number of nitrogens with one attached hydrogen (secondary N) is 1. The molecule has 0 aliphatic carbocycles. The van der Waals surface area contributed by atoms with Gasteiger partial charge in [-0.1, -0.05) is 6.92 Å². The van der Waals surface area contributed by atoms with Crippen LogP contribution in [0.25, 0.3) is 0 Å². The maximum absolute atomic E-state index is 12.2. The van der Waals surface area contributed by atoms with Gasteiger partial charge in [-0.2, -0.15) is 0 Å². The first-order valence-electron chi connectivity index (χ1n) is 6.24. The quantitative estimate of drug-likeness (QED) is 0.855. The Balaban J connectivity index is 2.00. The van der Waals surface area contributed by atoms with Crippen LogP contribution in [0.3, 0.4) is 0 Å². The normalized spacial score (nSPS) is 20.3. The molecule has 1 unspecified atom stereocenters. The van der Waals surface area contributed by atoms with E-state index in [9.17, 15) is 4.79 Å². The van der Waals surface area contributed by atoms with Crippen molar-refractivity contribution in [3.63, 3.8) is 0 Å². The van der Waals surface area contributed by atoms with E-state index in [0.717, 1.165) is 38.0 Å². The third-order valence-electron chi connectivity index (χ3n) is 3.13. The van der Waals surface area contributed by atoms with E-state index < -0.39 is 0 Å². The molecular formula is C13H19N3O. The Morgan fingerprint density at radius 1 is 1.53 bits per heavy atom. The lowest BCUT2D eigenvalue weighted by atomic mass is 10.0. The first-order valence-corrected chi connectivity index (χ1v) is 6.24. The summed E-state index contributed by atoms with van der Waals surface area (Å²) in [5.74, 6) is 0.120. The smallest absolute Gasteiger partial charge is 0.254 e. The average Bonchev–Trinajstić information content (AvgIpc) is 2.40. The lowest BCUT2D eigenvalue weighted by molar-refractivity contribution is 0.0695. The molecule has 1 aliphatic rings. The van der Waals surface area contributed by atoms with E-state index in [4.69, 9.17) is 0 Å². The van der Waals surface area contributed by atoms with Gasteiger partial charge in [0.15, 0.2) is 0 Å². The maximum Gasteiger partial charge on any atom is 0.254 e. The molecule has 1 aliphatic heterocycles. The van der Waals surface area contributed by atoms with Crippen molar-refractivity contribution in [2.24, 2.45) is 0 Å². The highest BCUT2D eigenvalue weighted by molar-refractivity contribution is 5.94. The number of amides is 1. The van der Waals surface area contributed by atoms with Crippen LogP contribution in [0.5, 0.6) is 0 Å². The van der Waals surface area contributed by atoms with Crippen LogP contribution in [-0.4, -0.2) is 41.5 Å².